The summed E-state index contributed by atoms with van der Waals surface area (Å²) in [6, 6.07) is 7.32. The molecule has 0 bridgehead atoms. The van der Waals surface area contributed by atoms with Crippen LogP contribution < -0.4 is 10.5 Å². The van der Waals surface area contributed by atoms with Crippen molar-refractivity contribution in [2.45, 2.75) is 13.2 Å². The second kappa shape index (κ2) is 5.55. The van der Waals surface area contributed by atoms with Crippen molar-refractivity contribution in [1.82, 2.24) is 4.98 Å². The van der Waals surface area contributed by atoms with Crippen LogP contribution in [0, 0.1) is 11.6 Å². The zero-order valence-corrected chi connectivity index (χ0v) is 9.57. The highest BCUT2D eigenvalue weighted by Gasteiger charge is 2.09. The zero-order chi connectivity index (χ0) is 13.0. The molecule has 2 rings (SSSR count). The first-order valence-corrected chi connectivity index (χ1v) is 5.42. The van der Waals surface area contributed by atoms with Crippen LogP contribution in [0.15, 0.2) is 36.5 Å². The Balaban J connectivity index is 2.14. The van der Waals surface area contributed by atoms with Crippen molar-refractivity contribution in [3.63, 3.8) is 0 Å². The fraction of sp³-hybridized carbons (Fsp3) is 0.154. The number of benzene rings is 1. The molecular formula is C13H12F2N2O. The van der Waals surface area contributed by atoms with Crippen molar-refractivity contribution in [3.8, 4) is 5.75 Å². The van der Waals surface area contributed by atoms with Crippen LogP contribution in [0.2, 0.25) is 0 Å². The highest BCUT2D eigenvalue weighted by atomic mass is 19.2. The van der Waals surface area contributed by atoms with Crippen LogP contribution in [-0.4, -0.2) is 4.98 Å². The van der Waals surface area contributed by atoms with Gasteiger partial charge in [-0.2, -0.15) is 4.39 Å². The first-order chi connectivity index (χ1) is 8.72. The standard InChI is InChI=1S/C13H12F2N2O/c14-10-4-1-5-12(13(10)15)18-8-9-3-2-6-17-11(9)7-16/h1-6H,7-8,16H2. The molecule has 94 valence electrons. The zero-order valence-electron chi connectivity index (χ0n) is 9.57. The quantitative estimate of drug-likeness (QED) is 0.906. The number of halogens is 2. The molecule has 1 aromatic heterocycles. The molecule has 0 spiro atoms. The van der Waals surface area contributed by atoms with E-state index in [0.717, 1.165) is 11.6 Å². The van der Waals surface area contributed by atoms with Gasteiger partial charge in [-0.15, -0.1) is 0 Å². The molecule has 1 aromatic carbocycles. The van der Waals surface area contributed by atoms with Crippen LogP contribution in [0.1, 0.15) is 11.3 Å². The molecule has 0 saturated carbocycles. The van der Waals surface area contributed by atoms with E-state index in [4.69, 9.17) is 10.5 Å². The first kappa shape index (κ1) is 12.4. The fourth-order valence-corrected chi connectivity index (χ4v) is 1.54. The second-order valence-electron chi connectivity index (χ2n) is 3.65. The van der Waals surface area contributed by atoms with Gasteiger partial charge in [0.1, 0.15) is 6.61 Å². The maximum Gasteiger partial charge on any atom is 0.200 e. The molecule has 0 fully saturated rings. The lowest BCUT2D eigenvalue weighted by Crippen LogP contribution is -2.07. The lowest BCUT2D eigenvalue weighted by Gasteiger charge is -2.09. The number of pyridine rings is 1. The predicted molar refractivity (Wildman–Crippen MR) is 62.8 cm³/mol. The Bertz CT molecular complexity index is 546. The molecule has 1 heterocycles. The molecule has 18 heavy (non-hydrogen) atoms. The van der Waals surface area contributed by atoms with E-state index >= 15 is 0 Å². The average molecular weight is 250 g/mol. The Morgan fingerprint density at radius 1 is 1.17 bits per heavy atom. The van der Waals surface area contributed by atoms with E-state index in [0.29, 0.717) is 5.69 Å². The van der Waals surface area contributed by atoms with Crippen LogP contribution in [-0.2, 0) is 13.2 Å². The molecule has 5 heteroatoms. The minimum atomic E-state index is -0.990. The van der Waals surface area contributed by atoms with Crippen LogP contribution in [0.3, 0.4) is 0 Å². The van der Waals surface area contributed by atoms with E-state index in [2.05, 4.69) is 4.98 Å². The molecule has 0 atom stereocenters. The van der Waals surface area contributed by atoms with Crippen molar-refractivity contribution in [1.29, 1.82) is 0 Å². The molecule has 3 nitrogen and oxygen atoms in total. The van der Waals surface area contributed by atoms with E-state index in [1.165, 1.54) is 12.1 Å². The van der Waals surface area contributed by atoms with E-state index in [9.17, 15) is 8.78 Å². The monoisotopic (exact) mass is 250 g/mol. The number of nitrogens with two attached hydrogens (primary N) is 1. The summed E-state index contributed by atoms with van der Waals surface area (Å²) in [6.45, 7) is 0.367. The third-order valence-electron chi connectivity index (χ3n) is 2.48. The van der Waals surface area contributed by atoms with Crippen LogP contribution in [0.25, 0.3) is 0 Å². The number of hydrogen-bond donors (Lipinski definition) is 1. The highest BCUT2D eigenvalue weighted by molar-refractivity contribution is 5.26. The van der Waals surface area contributed by atoms with Gasteiger partial charge in [0, 0.05) is 18.3 Å². The minimum absolute atomic E-state index is 0.0980. The third-order valence-corrected chi connectivity index (χ3v) is 2.48. The summed E-state index contributed by atoms with van der Waals surface area (Å²) in [4.78, 5) is 4.08. The van der Waals surface area contributed by atoms with Crippen molar-refractivity contribution >= 4 is 0 Å². The maximum atomic E-state index is 13.3. The van der Waals surface area contributed by atoms with Gasteiger partial charge in [0.15, 0.2) is 11.6 Å². The number of nitrogens with zero attached hydrogens (tertiary/aromatic N) is 1. The summed E-state index contributed by atoms with van der Waals surface area (Å²) in [5, 5.41) is 0. The normalized spacial score (nSPS) is 10.4. The second-order valence-corrected chi connectivity index (χ2v) is 3.65. The van der Waals surface area contributed by atoms with Crippen LogP contribution in [0.4, 0.5) is 8.78 Å². The van der Waals surface area contributed by atoms with Gasteiger partial charge in [-0.3, -0.25) is 4.98 Å². The summed E-state index contributed by atoms with van der Waals surface area (Å²) in [5.41, 5.74) is 6.95. The van der Waals surface area contributed by atoms with E-state index in [1.54, 1.807) is 18.3 Å². The Morgan fingerprint density at radius 3 is 2.78 bits per heavy atom. The number of hydrogen-bond acceptors (Lipinski definition) is 3. The fourth-order valence-electron chi connectivity index (χ4n) is 1.54. The Morgan fingerprint density at radius 2 is 2.00 bits per heavy atom. The van der Waals surface area contributed by atoms with Crippen LogP contribution in [0.5, 0.6) is 5.75 Å². The maximum absolute atomic E-state index is 13.3. The van der Waals surface area contributed by atoms with Gasteiger partial charge in [0.05, 0.1) is 5.69 Å². The van der Waals surface area contributed by atoms with Gasteiger partial charge in [-0.1, -0.05) is 12.1 Å². The molecule has 0 aliphatic rings. The van der Waals surface area contributed by atoms with E-state index in [-0.39, 0.29) is 18.9 Å². The molecule has 2 aromatic rings. The lowest BCUT2D eigenvalue weighted by molar-refractivity contribution is 0.283. The van der Waals surface area contributed by atoms with E-state index in [1.807, 2.05) is 0 Å². The molecule has 0 saturated heterocycles. The summed E-state index contributed by atoms with van der Waals surface area (Å²) in [6.07, 6.45) is 1.62. The largest absolute Gasteiger partial charge is 0.486 e. The van der Waals surface area contributed by atoms with Crippen molar-refractivity contribution in [3.05, 3.63) is 59.4 Å². The Hall–Kier alpha value is -2.01. The molecule has 0 radical (unpaired) electrons. The summed E-state index contributed by atoms with van der Waals surface area (Å²) in [5.74, 6) is -2.05. The predicted octanol–water partition coefficient (Wildman–Crippen LogP) is 2.40. The summed E-state index contributed by atoms with van der Waals surface area (Å²) in [7, 11) is 0. The topological polar surface area (TPSA) is 48.1 Å². The molecule has 0 aliphatic heterocycles. The van der Waals surface area contributed by atoms with Crippen molar-refractivity contribution < 1.29 is 13.5 Å². The SMILES string of the molecule is NCc1ncccc1COc1cccc(F)c1F. The van der Waals surface area contributed by atoms with Gasteiger partial charge in [0.2, 0.25) is 5.82 Å². The average Bonchev–Trinajstić information content (AvgIpc) is 2.41. The van der Waals surface area contributed by atoms with Crippen molar-refractivity contribution in [2.24, 2.45) is 5.73 Å². The van der Waals surface area contributed by atoms with Gasteiger partial charge < -0.3 is 10.5 Å². The minimum Gasteiger partial charge on any atom is -0.486 e. The molecule has 0 unspecified atom stereocenters. The number of ether oxygens (including phenoxy) is 1. The van der Waals surface area contributed by atoms with Gasteiger partial charge >= 0.3 is 0 Å². The summed E-state index contributed by atoms with van der Waals surface area (Å²) < 4.78 is 31.5. The molecule has 0 amide bonds. The molecule has 2 N–H and O–H groups in total. The highest BCUT2D eigenvalue weighted by Crippen LogP contribution is 2.20. The van der Waals surface area contributed by atoms with Crippen molar-refractivity contribution in [2.75, 3.05) is 0 Å². The van der Waals surface area contributed by atoms with Crippen LogP contribution >= 0.6 is 0 Å². The Labute approximate surface area is 103 Å². The van der Waals surface area contributed by atoms with Gasteiger partial charge in [-0.05, 0) is 18.2 Å². The lowest BCUT2D eigenvalue weighted by atomic mass is 10.2. The van der Waals surface area contributed by atoms with E-state index < -0.39 is 11.6 Å². The Kier molecular flexibility index (Phi) is 3.84. The third kappa shape index (κ3) is 2.62. The smallest absolute Gasteiger partial charge is 0.200 e. The number of aromatic nitrogens is 1. The number of rotatable bonds is 4. The summed E-state index contributed by atoms with van der Waals surface area (Å²) >= 11 is 0. The van der Waals surface area contributed by atoms with Gasteiger partial charge in [-0.25, -0.2) is 4.39 Å². The first-order valence-electron chi connectivity index (χ1n) is 5.42. The van der Waals surface area contributed by atoms with Gasteiger partial charge in [0.25, 0.3) is 0 Å². The molecule has 0 aliphatic carbocycles. The molecular weight excluding hydrogens is 238 g/mol.